The quantitative estimate of drug-likeness (QED) is 0.528. The first kappa shape index (κ1) is 10.5. The second-order valence-corrected chi connectivity index (χ2v) is 3.98. The fraction of sp³-hybridized carbons (Fsp3) is 0.727. The topological polar surface area (TPSA) is 45.1 Å². The van der Waals surface area contributed by atoms with Crippen LogP contribution in [0.5, 0.6) is 0 Å². The lowest BCUT2D eigenvalue weighted by Crippen LogP contribution is -2.37. The molecular weight excluding hydrogens is 192 g/mol. The molecule has 0 aromatic rings. The summed E-state index contributed by atoms with van der Waals surface area (Å²) < 4.78 is 5.32. The largest absolute Gasteiger partial charge is 0.411 e. The van der Waals surface area contributed by atoms with Crippen LogP contribution < -0.4 is 0 Å². The maximum Gasteiger partial charge on any atom is 0.102 e. The second-order valence-electron chi connectivity index (χ2n) is 3.98. The van der Waals surface area contributed by atoms with Crippen LogP contribution >= 0.6 is 0 Å². The molecular formula is C11H18N2O2. The van der Waals surface area contributed by atoms with Crippen LogP contribution in [0.2, 0.25) is 0 Å². The Balaban J connectivity index is 2.11. The van der Waals surface area contributed by atoms with Crippen molar-refractivity contribution in [2.45, 2.75) is 25.7 Å². The van der Waals surface area contributed by atoms with Gasteiger partial charge in [0.25, 0.3) is 0 Å². The Morgan fingerprint density at radius 2 is 2.07 bits per heavy atom. The van der Waals surface area contributed by atoms with Gasteiger partial charge in [0, 0.05) is 13.1 Å². The van der Waals surface area contributed by atoms with Crippen molar-refractivity contribution in [1.82, 2.24) is 4.90 Å². The fourth-order valence-electron chi connectivity index (χ4n) is 2.14. The molecule has 2 aliphatic rings. The summed E-state index contributed by atoms with van der Waals surface area (Å²) >= 11 is 0. The van der Waals surface area contributed by atoms with Crippen LogP contribution in [0.25, 0.3) is 0 Å². The highest BCUT2D eigenvalue weighted by atomic mass is 16.5. The van der Waals surface area contributed by atoms with E-state index in [1.165, 1.54) is 6.42 Å². The van der Waals surface area contributed by atoms with Crippen LogP contribution in [-0.4, -0.2) is 42.1 Å². The molecule has 84 valence electrons. The predicted octanol–water partition coefficient (Wildman–Crippen LogP) is 1.61. The first-order chi connectivity index (χ1) is 7.42. The van der Waals surface area contributed by atoms with Gasteiger partial charge in [0.15, 0.2) is 0 Å². The zero-order chi connectivity index (χ0) is 10.5. The lowest BCUT2D eigenvalue weighted by atomic mass is 10.1. The first-order valence-electron chi connectivity index (χ1n) is 5.66. The molecule has 1 fully saturated rings. The van der Waals surface area contributed by atoms with Gasteiger partial charge >= 0.3 is 0 Å². The molecule has 4 heteroatoms. The van der Waals surface area contributed by atoms with Gasteiger partial charge in [-0.05, 0) is 25.7 Å². The molecule has 0 radical (unpaired) electrons. The molecule has 1 saturated heterocycles. The van der Waals surface area contributed by atoms with Gasteiger partial charge < -0.3 is 14.8 Å². The van der Waals surface area contributed by atoms with E-state index in [0.717, 1.165) is 57.0 Å². The predicted molar refractivity (Wildman–Crippen MR) is 58.2 cm³/mol. The molecule has 1 heterocycles. The lowest BCUT2D eigenvalue weighted by molar-refractivity contribution is 0.0561. The van der Waals surface area contributed by atoms with E-state index in [0.29, 0.717) is 0 Å². The summed E-state index contributed by atoms with van der Waals surface area (Å²) in [5.74, 6) is 0. The van der Waals surface area contributed by atoms with Crippen molar-refractivity contribution in [2.24, 2.45) is 5.16 Å². The van der Waals surface area contributed by atoms with Gasteiger partial charge in [-0.1, -0.05) is 11.2 Å². The molecule has 0 spiro atoms. The average Bonchev–Trinajstić information content (AvgIpc) is 2.55. The standard InChI is InChI=1S/C11H18N2O2/c14-12-10-4-2-1-3-5-11(10)13-6-8-15-9-7-13/h5,14H,1-4,6-9H2. The number of ether oxygens (including phenoxy) is 1. The molecule has 0 bridgehead atoms. The normalized spacial score (nSPS) is 26.3. The summed E-state index contributed by atoms with van der Waals surface area (Å²) in [4.78, 5) is 2.27. The molecule has 0 aromatic heterocycles. The molecule has 1 aliphatic carbocycles. The van der Waals surface area contributed by atoms with Gasteiger partial charge in [0.1, 0.15) is 5.71 Å². The van der Waals surface area contributed by atoms with E-state index in [-0.39, 0.29) is 0 Å². The Kier molecular flexibility index (Phi) is 3.61. The minimum absolute atomic E-state index is 0.774. The summed E-state index contributed by atoms with van der Waals surface area (Å²) in [6.45, 7) is 3.36. The minimum atomic E-state index is 0.774. The van der Waals surface area contributed by atoms with Gasteiger partial charge in [0.05, 0.1) is 18.9 Å². The van der Waals surface area contributed by atoms with Crippen LogP contribution in [0, 0.1) is 0 Å². The summed E-state index contributed by atoms with van der Waals surface area (Å²) in [6, 6.07) is 0. The van der Waals surface area contributed by atoms with Gasteiger partial charge in [-0.3, -0.25) is 0 Å². The highest BCUT2D eigenvalue weighted by Gasteiger charge is 2.19. The van der Waals surface area contributed by atoms with Crippen molar-refractivity contribution < 1.29 is 9.94 Å². The Morgan fingerprint density at radius 3 is 2.80 bits per heavy atom. The SMILES string of the molecule is ON=C1CCCCC=C1N1CCOCC1. The Labute approximate surface area is 90.2 Å². The van der Waals surface area contributed by atoms with Crippen molar-refractivity contribution in [3.8, 4) is 0 Å². The van der Waals surface area contributed by atoms with E-state index in [9.17, 15) is 0 Å². The zero-order valence-corrected chi connectivity index (χ0v) is 8.98. The van der Waals surface area contributed by atoms with Crippen molar-refractivity contribution in [2.75, 3.05) is 26.3 Å². The zero-order valence-electron chi connectivity index (χ0n) is 8.98. The third-order valence-electron chi connectivity index (χ3n) is 2.97. The smallest absolute Gasteiger partial charge is 0.102 e. The van der Waals surface area contributed by atoms with Crippen molar-refractivity contribution >= 4 is 5.71 Å². The van der Waals surface area contributed by atoms with Gasteiger partial charge in [-0.25, -0.2) is 0 Å². The highest BCUT2D eigenvalue weighted by Crippen LogP contribution is 2.19. The number of allylic oxidation sites excluding steroid dienone is 2. The molecule has 15 heavy (non-hydrogen) atoms. The van der Waals surface area contributed by atoms with Crippen molar-refractivity contribution in [3.05, 3.63) is 11.8 Å². The summed E-state index contributed by atoms with van der Waals surface area (Å²) in [5, 5.41) is 12.4. The van der Waals surface area contributed by atoms with Crippen molar-refractivity contribution in [1.29, 1.82) is 0 Å². The highest BCUT2D eigenvalue weighted by molar-refractivity contribution is 5.99. The molecule has 0 unspecified atom stereocenters. The third-order valence-corrected chi connectivity index (χ3v) is 2.97. The maximum absolute atomic E-state index is 9.01. The molecule has 1 N–H and O–H groups in total. The minimum Gasteiger partial charge on any atom is -0.411 e. The van der Waals surface area contributed by atoms with E-state index in [2.05, 4.69) is 16.1 Å². The summed E-state index contributed by atoms with van der Waals surface area (Å²) in [6.07, 6.45) is 6.48. The van der Waals surface area contributed by atoms with E-state index in [1.807, 2.05) is 0 Å². The molecule has 2 rings (SSSR count). The number of rotatable bonds is 1. The molecule has 0 amide bonds. The molecule has 0 atom stereocenters. The fourth-order valence-corrected chi connectivity index (χ4v) is 2.14. The van der Waals surface area contributed by atoms with Crippen LogP contribution in [0.3, 0.4) is 0 Å². The van der Waals surface area contributed by atoms with Gasteiger partial charge in [0.2, 0.25) is 0 Å². The maximum atomic E-state index is 9.01. The Bertz CT molecular complexity index is 268. The number of morpholine rings is 1. The number of hydrogen-bond acceptors (Lipinski definition) is 4. The lowest BCUT2D eigenvalue weighted by Gasteiger charge is -2.30. The van der Waals surface area contributed by atoms with Gasteiger partial charge in [-0.15, -0.1) is 0 Å². The van der Waals surface area contributed by atoms with E-state index in [4.69, 9.17) is 9.94 Å². The van der Waals surface area contributed by atoms with Crippen LogP contribution in [-0.2, 0) is 4.74 Å². The third kappa shape index (κ3) is 2.50. The number of nitrogens with zero attached hydrogens (tertiary/aromatic N) is 2. The average molecular weight is 210 g/mol. The molecule has 4 nitrogen and oxygen atoms in total. The van der Waals surface area contributed by atoms with E-state index >= 15 is 0 Å². The molecule has 1 aliphatic heterocycles. The molecule has 0 saturated carbocycles. The van der Waals surface area contributed by atoms with E-state index < -0.39 is 0 Å². The monoisotopic (exact) mass is 210 g/mol. The van der Waals surface area contributed by atoms with E-state index in [1.54, 1.807) is 0 Å². The number of hydrogen-bond donors (Lipinski definition) is 1. The Hall–Kier alpha value is -1.03. The van der Waals surface area contributed by atoms with Crippen LogP contribution in [0.4, 0.5) is 0 Å². The summed E-state index contributed by atoms with van der Waals surface area (Å²) in [7, 11) is 0. The first-order valence-corrected chi connectivity index (χ1v) is 5.66. The molecule has 0 aromatic carbocycles. The summed E-state index contributed by atoms with van der Waals surface area (Å²) in [5.41, 5.74) is 1.97. The second kappa shape index (κ2) is 5.16. The van der Waals surface area contributed by atoms with Gasteiger partial charge in [-0.2, -0.15) is 0 Å². The Morgan fingerprint density at radius 1 is 1.27 bits per heavy atom. The number of oxime groups is 1. The van der Waals surface area contributed by atoms with Crippen LogP contribution in [0.1, 0.15) is 25.7 Å². The van der Waals surface area contributed by atoms with Crippen LogP contribution in [0.15, 0.2) is 16.9 Å². The van der Waals surface area contributed by atoms with Crippen molar-refractivity contribution in [3.63, 3.8) is 0 Å².